The van der Waals surface area contributed by atoms with Crippen LogP contribution in [-0.2, 0) is 11.3 Å². The van der Waals surface area contributed by atoms with Crippen LogP contribution in [0.15, 0.2) is 48.7 Å². The Morgan fingerprint density at radius 1 is 1.31 bits per heavy atom. The van der Waals surface area contributed by atoms with Gasteiger partial charge in [-0.05, 0) is 35.7 Å². The largest absolute Gasteiger partial charge is 0.508 e. The van der Waals surface area contributed by atoms with E-state index in [0.717, 1.165) is 22.3 Å². The van der Waals surface area contributed by atoms with Crippen LogP contribution in [0.1, 0.15) is 34.6 Å². The standard InChI is InChI=1S/C20H18ClN3O2/c1-12-8-13(6-7-18(12)25)15-9-19(26)23-20-16(15)10-22-24(20)11-14-4-2-3-5-17(14)21/h2-8,10,15,25H,9,11H2,1H3,(H,23,26). The van der Waals surface area contributed by atoms with E-state index in [4.69, 9.17) is 11.6 Å². The van der Waals surface area contributed by atoms with E-state index >= 15 is 0 Å². The Morgan fingerprint density at radius 3 is 2.88 bits per heavy atom. The molecular weight excluding hydrogens is 350 g/mol. The molecule has 6 heteroatoms. The number of anilines is 1. The Hall–Kier alpha value is -2.79. The van der Waals surface area contributed by atoms with Crippen LogP contribution in [0.3, 0.4) is 0 Å². The van der Waals surface area contributed by atoms with Gasteiger partial charge in [-0.2, -0.15) is 5.10 Å². The predicted octanol–water partition coefficient (Wildman–Crippen LogP) is 4.07. The van der Waals surface area contributed by atoms with Gasteiger partial charge in [0.25, 0.3) is 0 Å². The van der Waals surface area contributed by atoms with Gasteiger partial charge in [0.1, 0.15) is 11.6 Å². The van der Waals surface area contributed by atoms with Gasteiger partial charge in [-0.25, -0.2) is 4.68 Å². The topological polar surface area (TPSA) is 67.2 Å². The Balaban J connectivity index is 1.73. The number of nitrogens with one attached hydrogen (secondary N) is 1. The second-order valence-electron chi connectivity index (χ2n) is 6.55. The van der Waals surface area contributed by atoms with Crippen LogP contribution in [0.2, 0.25) is 5.02 Å². The average Bonchev–Trinajstić information content (AvgIpc) is 3.01. The van der Waals surface area contributed by atoms with Crippen LogP contribution >= 0.6 is 11.6 Å². The highest BCUT2D eigenvalue weighted by atomic mass is 35.5. The zero-order chi connectivity index (χ0) is 18.3. The fourth-order valence-corrected chi connectivity index (χ4v) is 3.57. The molecule has 1 unspecified atom stereocenters. The first kappa shape index (κ1) is 16.7. The number of fused-ring (bicyclic) bond motifs is 1. The molecule has 2 N–H and O–H groups in total. The van der Waals surface area contributed by atoms with Gasteiger partial charge in [-0.15, -0.1) is 0 Å². The first-order valence-electron chi connectivity index (χ1n) is 8.41. The van der Waals surface area contributed by atoms with Crippen molar-refractivity contribution in [2.45, 2.75) is 25.8 Å². The minimum atomic E-state index is -0.0851. The van der Waals surface area contributed by atoms with Crippen LogP contribution in [0.4, 0.5) is 5.82 Å². The molecule has 0 saturated carbocycles. The normalized spacial score (nSPS) is 16.2. The number of phenolic OH excluding ortho intramolecular Hbond substituents is 1. The quantitative estimate of drug-likeness (QED) is 0.733. The van der Waals surface area contributed by atoms with Crippen molar-refractivity contribution in [3.8, 4) is 5.75 Å². The summed E-state index contributed by atoms with van der Waals surface area (Å²) < 4.78 is 1.77. The summed E-state index contributed by atoms with van der Waals surface area (Å²) in [5, 5.41) is 17.9. The molecule has 132 valence electrons. The summed E-state index contributed by atoms with van der Waals surface area (Å²) in [6.07, 6.45) is 2.16. The third-order valence-corrected chi connectivity index (χ3v) is 5.16. The van der Waals surface area contributed by atoms with Crippen LogP contribution in [0.5, 0.6) is 5.75 Å². The number of amides is 1. The van der Waals surface area contributed by atoms with E-state index in [9.17, 15) is 9.90 Å². The minimum Gasteiger partial charge on any atom is -0.508 e. The maximum absolute atomic E-state index is 12.3. The molecule has 1 aliphatic rings. The number of nitrogens with zero attached hydrogens (tertiary/aromatic N) is 2. The van der Waals surface area contributed by atoms with Crippen molar-refractivity contribution in [2.24, 2.45) is 0 Å². The van der Waals surface area contributed by atoms with Crippen molar-refractivity contribution in [1.29, 1.82) is 0 Å². The van der Waals surface area contributed by atoms with Gasteiger partial charge < -0.3 is 10.4 Å². The van der Waals surface area contributed by atoms with Crippen molar-refractivity contribution in [3.63, 3.8) is 0 Å². The lowest BCUT2D eigenvalue weighted by Gasteiger charge is -2.24. The fraction of sp³-hybridized carbons (Fsp3) is 0.200. The summed E-state index contributed by atoms with van der Waals surface area (Å²) in [5.41, 5.74) is 3.70. The first-order chi connectivity index (χ1) is 12.5. The molecule has 26 heavy (non-hydrogen) atoms. The molecule has 1 aromatic heterocycles. The molecule has 1 aliphatic heterocycles. The Bertz CT molecular complexity index is 996. The molecule has 1 amide bonds. The van der Waals surface area contributed by atoms with Gasteiger partial charge in [-0.1, -0.05) is 41.9 Å². The van der Waals surface area contributed by atoms with E-state index in [2.05, 4.69) is 10.4 Å². The SMILES string of the molecule is Cc1cc(C2CC(=O)Nc3c2cnn3Cc2ccccc2Cl)ccc1O. The number of benzene rings is 2. The van der Waals surface area contributed by atoms with Gasteiger partial charge in [0, 0.05) is 22.9 Å². The Kier molecular flexibility index (Phi) is 4.17. The number of halogens is 1. The van der Waals surface area contributed by atoms with Crippen molar-refractivity contribution in [2.75, 3.05) is 5.32 Å². The molecule has 1 atom stereocenters. The van der Waals surface area contributed by atoms with Gasteiger partial charge in [0.15, 0.2) is 0 Å². The van der Waals surface area contributed by atoms with Crippen molar-refractivity contribution in [3.05, 3.63) is 75.9 Å². The fourth-order valence-electron chi connectivity index (χ4n) is 3.37. The maximum atomic E-state index is 12.3. The number of rotatable bonds is 3. The van der Waals surface area contributed by atoms with E-state index in [-0.39, 0.29) is 17.6 Å². The molecule has 0 saturated heterocycles. The van der Waals surface area contributed by atoms with Crippen molar-refractivity contribution >= 4 is 23.3 Å². The second kappa shape index (κ2) is 6.50. The molecule has 4 rings (SSSR count). The first-order valence-corrected chi connectivity index (χ1v) is 8.79. The number of carbonyl (C=O) groups is 1. The number of hydrogen-bond donors (Lipinski definition) is 2. The molecule has 0 spiro atoms. The van der Waals surface area contributed by atoms with E-state index in [1.165, 1.54) is 0 Å². The molecule has 0 radical (unpaired) electrons. The minimum absolute atomic E-state index is 0.0471. The number of carbonyl (C=O) groups excluding carboxylic acids is 1. The number of phenols is 1. The molecular formula is C20H18ClN3O2. The average molecular weight is 368 g/mol. The van der Waals surface area contributed by atoms with Gasteiger partial charge in [0.2, 0.25) is 5.91 Å². The number of aryl methyl sites for hydroxylation is 1. The van der Waals surface area contributed by atoms with Gasteiger partial charge >= 0.3 is 0 Å². The summed E-state index contributed by atoms with van der Waals surface area (Å²) in [7, 11) is 0. The van der Waals surface area contributed by atoms with E-state index in [1.54, 1.807) is 16.9 Å². The Labute approximate surface area is 156 Å². The number of hydrogen-bond acceptors (Lipinski definition) is 3. The molecule has 2 aromatic carbocycles. The smallest absolute Gasteiger partial charge is 0.226 e. The highest BCUT2D eigenvalue weighted by Gasteiger charge is 2.30. The molecule has 0 bridgehead atoms. The molecule has 0 aliphatic carbocycles. The maximum Gasteiger partial charge on any atom is 0.226 e. The summed E-state index contributed by atoms with van der Waals surface area (Å²) in [4.78, 5) is 12.3. The zero-order valence-corrected chi connectivity index (χ0v) is 15.0. The van der Waals surface area contributed by atoms with E-state index in [1.807, 2.05) is 43.3 Å². The number of aromatic nitrogens is 2. The third-order valence-electron chi connectivity index (χ3n) is 4.79. The van der Waals surface area contributed by atoms with Crippen molar-refractivity contribution in [1.82, 2.24) is 9.78 Å². The second-order valence-corrected chi connectivity index (χ2v) is 6.96. The summed E-state index contributed by atoms with van der Waals surface area (Å²) in [6, 6.07) is 13.1. The summed E-state index contributed by atoms with van der Waals surface area (Å²) >= 11 is 6.26. The van der Waals surface area contributed by atoms with E-state index in [0.29, 0.717) is 23.8 Å². The Morgan fingerprint density at radius 2 is 2.12 bits per heavy atom. The van der Waals surface area contributed by atoms with Crippen LogP contribution in [-0.4, -0.2) is 20.8 Å². The van der Waals surface area contributed by atoms with Gasteiger partial charge in [-0.3, -0.25) is 4.79 Å². The summed E-state index contributed by atoms with van der Waals surface area (Å²) in [6.45, 7) is 2.33. The van der Waals surface area contributed by atoms with Gasteiger partial charge in [0.05, 0.1) is 12.7 Å². The molecule has 3 aromatic rings. The van der Waals surface area contributed by atoms with Crippen LogP contribution < -0.4 is 5.32 Å². The zero-order valence-electron chi connectivity index (χ0n) is 14.2. The van der Waals surface area contributed by atoms with E-state index < -0.39 is 0 Å². The highest BCUT2D eigenvalue weighted by molar-refractivity contribution is 6.31. The third kappa shape index (κ3) is 2.95. The van der Waals surface area contributed by atoms with Crippen LogP contribution in [0.25, 0.3) is 0 Å². The lowest BCUT2D eigenvalue weighted by molar-refractivity contribution is -0.116. The molecule has 2 heterocycles. The lowest BCUT2D eigenvalue weighted by Crippen LogP contribution is -2.25. The highest BCUT2D eigenvalue weighted by Crippen LogP contribution is 2.38. The predicted molar refractivity (Wildman–Crippen MR) is 101 cm³/mol. The molecule has 0 fully saturated rings. The lowest BCUT2D eigenvalue weighted by atomic mass is 9.86. The monoisotopic (exact) mass is 367 g/mol. The summed E-state index contributed by atoms with van der Waals surface area (Å²) in [5.74, 6) is 0.827. The van der Waals surface area contributed by atoms with Crippen LogP contribution in [0, 0.1) is 6.92 Å². The van der Waals surface area contributed by atoms with Crippen molar-refractivity contribution < 1.29 is 9.90 Å². The molecule has 5 nitrogen and oxygen atoms in total. The number of aromatic hydroxyl groups is 1.